The van der Waals surface area contributed by atoms with Crippen LogP contribution < -0.4 is 0 Å². The molecule has 0 bridgehead atoms. The standard InChI is InChI=1S/C22H8N4S4/c27-19-11-3-1-9-15-12(20(28)25-17(9)23-13-5-7-29-21(13)25)4-2-10(16(11)15)18-24-14-6-8-30-22(14)26(18)19/h1-8H. The van der Waals surface area contributed by atoms with Crippen molar-refractivity contribution in [2.45, 2.75) is 0 Å². The minimum Gasteiger partial charge on any atom is -0.273 e. The van der Waals surface area contributed by atoms with Gasteiger partial charge in [0, 0.05) is 32.3 Å². The topological polar surface area (TPSA) is 34.6 Å². The van der Waals surface area contributed by atoms with Gasteiger partial charge in [-0.05, 0) is 35.0 Å². The fourth-order valence-electron chi connectivity index (χ4n) is 4.82. The van der Waals surface area contributed by atoms with E-state index in [0.717, 1.165) is 73.6 Å². The molecule has 0 atom stereocenters. The molecule has 0 amide bonds. The summed E-state index contributed by atoms with van der Waals surface area (Å²) in [6.07, 6.45) is 0. The number of benzene rings is 2. The monoisotopic (exact) mass is 456 g/mol. The molecule has 0 aliphatic rings. The van der Waals surface area contributed by atoms with Crippen LogP contribution in [0.4, 0.5) is 0 Å². The first kappa shape index (κ1) is 16.0. The second kappa shape index (κ2) is 5.09. The molecule has 0 aliphatic carbocycles. The highest BCUT2D eigenvalue weighted by molar-refractivity contribution is 7.71. The molecule has 0 fully saturated rings. The Morgan fingerprint density at radius 3 is 1.50 bits per heavy atom. The Bertz CT molecular complexity index is 1960. The quantitative estimate of drug-likeness (QED) is 0.178. The lowest BCUT2D eigenvalue weighted by molar-refractivity contribution is 1.24. The van der Waals surface area contributed by atoms with Gasteiger partial charge in [-0.3, -0.25) is 8.80 Å². The van der Waals surface area contributed by atoms with Crippen LogP contribution in [0.1, 0.15) is 0 Å². The van der Waals surface area contributed by atoms with Crippen LogP contribution in [0.5, 0.6) is 0 Å². The van der Waals surface area contributed by atoms with Crippen molar-refractivity contribution >= 4 is 111 Å². The summed E-state index contributed by atoms with van der Waals surface area (Å²) in [5, 5.41) is 10.7. The Balaban J connectivity index is 1.76. The van der Waals surface area contributed by atoms with E-state index in [4.69, 9.17) is 34.4 Å². The first-order chi connectivity index (χ1) is 14.7. The maximum atomic E-state index is 5.96. The molecule has 2 aromatic carbocycles. The second-order valence-electron chi connectivity index (χ2n) is 7.45. The number of fused-ring (bicyclic) bond motifs is 8. The van der Waals surface area contributed by atoms with E-state index in [9.17, 15) is 0 Å². The molecule has 0 aliphatic heterocycles. The van der Waals surface area contributed by atoms with Gasteiger partial charge in [0.15, 0.2) is 0 Å². The Hall–Kier alpha value is -2.78. The van der Waals surface area contributed by atoms with E-state index in [-0.39, 0.29) is 0 Å². The molecule has 140 valence electrons. The van der Waals surface area contributed by atoms with Gasteiger partial charge >= 0.3 is 0 Å². The van der Waals surface area contributed by atoms with E-state index in [2.05, 4.69) is 56.0 Å². The average Bonchev–Trinajstić information content (AvgIpc) is 3.49. The summed E-state index contributed by atoms with van der Waals surface area (Å²) in [7, 11) is 0. The third-order valence-electron chi connectivity index (χ3n) is 6.04. The normalized spacial score (nSPS) is 12.9. The molecule has 0 unspecified atom stereocenters. The summed E-state index contributed by atoms with van der Waals surface area (Å²) in [6, 6.07) is 12.7. The summed E-state index contributed by atoms with van der Waals surface area (Å²) in [5.74, 6) is 0. The number of rotatable bonds is 0. The molecule has 30 heavy (non-hydrogen) atoms. The largest absolute Gasteiger partial charge is 0.273 e. The van der Waals surface area contributed by atoms with Crippen molar-refractivity contribution < 1.29 is 0 Å². The van der Waals surface area contributed by atoms with Crippen LogP contribution in [0.15, 0.2) is 47.2 Å². The lowest BCUT2D eigenvalue weighted by Crippen LogP contribution is -1.96. The lowest BCUT2D eigenvalue weighted by Gasteiger charge is -2.13. The molecule has 6 heterocycles. The summed E-state index contributed by atoms with van der Waals surface area (Å²) in [4.78, 5) is 12.0. The van der Waals surface area contributed by atoms with Crippen molar-refractivity contribution in [2.24, 2.45) is 0 Å². The lowest BCUT2D eigenvalue weighted by atomic mass is 9.97. The van der Waals surface area contributed by atoms with E-state index in [1.165, 1.54) is 0 Å². The number of pyridine rings is 2. The molecule has 6 aromatic heterocycles. The van der Waals surface area contributed by atoms with Gasteiger partial charge in [-0.15, -0.1) is 22.7 Å². The maximum Gasteiger partial charge on any atom is 0.147 e. The number of imidazole rings is 2. The van der Waals surface area contributed by atoms with Gasteiger partial charge < -0.3 is 0 Å². The Morgan fingerprint density at radius 1 is 0.600 bits per heavy atom. The molecule has 8 rings (SSSR count). The third kappa shape index (κ3) is 1.63. The fraction of sp³-hybridized carbons (Fsp3) is 0. The van der Waals surface area contributed by atoms with Crippen molar-refractivity contribution in [1.29, 1.82) is 0 Å². The van der Waals surface area contributed by atoms with Gasteiger partial charge in [0.2, 0.25) is 0 Å². The smallest absolute Gasteiger partial charge is 0.147 e. The Labute approximate surface area is 185 Å². The van der Waals surface area contributed by atoms with Crippen LogP contribution in [-0.2, 0) is 0 Å². The predicted octanol–water partition coefficient (Wildman–Crippen LogP) is 7.21. The molecule has 0 radical (unpaired) electrons. The molecule has 8 aromatic rings. The molecule has 0 saturated carbocycles. The van der Waals surface area contributed by atoms with Crippen LogP contribution in [0.3, 0.4) is 0 Å². The first-order valence-corrected chi connectivity index (χ1v) is 11.9. The predicted molar refractivity (Wildman–Crippen MR) is 131 cm³/mol. The molecular formula is C22H8N4S4. The van der Waals surface area contributed by atoms with E-state index < -0.39 is 0 Å². The van der Waals surface area contributed by atoms with Gasteiger partial charge in [0.05, 0.1) is 0 Å². The minimum atomic E-state index is 0.798. The molecule has 0 N–H and O–H groups in total. The Morgan fingerprint density at radius 2 is 1.03 bits per heavy atom. The van der Waals surface area contributed by atoms with Crippen molar-refractivity contribution in [3.05, 3.63) is 56.4 Å². The van der Waals surface area contributed by atoms with Gasteiger partial charge in [0.25, 0.3) is 0 Å². The van der Waals surface area contributed by atoms with Crippen LogP contribution in [0, 0.1) is 9.28 Å². The second-order valence-corrected chi connectivity index (χ2v) is 10.0. The van der Waals surface area contributed by atoms with E-state index >= 15 is 0 Å². The SMILES string of the molecule is S=c1c2ccc3c4c(ccc(c24)c2nc4ccsc4n12)c(=S)n1c3nc2ccsc21. The number of aromatic nitrogens is 4. The van der Waals surface area contributed by atoms with Crippen LogP contribution in [0.2, 0.25) is 0 Å². The van der Waals surface area contributed by atoms with Crippen molar-refractivity contribution in [3.8, 4) is 0 Å². The number of hydrogen-bond acceptors (Lipinski definition) is 6. The zero-order valence-electron chi connectivity index (χ0n) is 15.0. The highest BCUT2D eigenvalue weighted by Gasteiger charge is 2.20. The number of nitrogens with zero attached hydrogens (tertiary/aromatic N) is 4. The zero-order valence-corrected chi connectivity index (χ0v) is 18.3. The fourth-order valence-corrected chi connectivity index (χ4v) is 7.32. The Kier molecular flexibility index (Phi) is 2.71. The summed E-state index contributed by atoms with van der Waals surface area (Å²) in [5.41, 5.74) is 3.81. The summed E-state index contributed by atoms with van der Waals surface area (Å²) in [6.45, 7) is 0. The highest BCUT2D eigenvalue weighted by atomic mass is 32.1. The van der Waals surface area contributed by atoms with Crippen LogP contribution >= 0.6 is 47.1 Å². The first-order valence-electron chi connectivity index (χ1n) is 9.34. The number of hydrogen-bond donors (Lipinski definition) is 0. The van der Waals surface area contributed by atoms with Gasteiger partial charge in [-0.1, -0.05) is 36.6 Å². The van der Waals surface area contributed by atoms with Crippen molar-refractivity contribution in [3.63, 3.8) is 0 Å². The van der Waals surface area contributed by atoms with E-state index in [1.807, 2.05) is 0 Å². The van der Waals surface area contributed by atoms with Gasteiger partial charge in [0.1, 0.15) is 41.3 Å². The minimum absolute atomic E-state index is 0.798. The number of thiophene rings is 2. The van der Waals surface area contributed by atoms with E-state index in [0.29, 0.717) is 0 Å². The van der Waals surface area contributed by atoms with Crippen molar-refractivity contribution in [2.75, 3.05) is 0 Å². The summed E-state index contributed by atoms with van der Waals surface area (Å²) >= 11 is 15.3. The highest BCUT2D eigenvalue weighted by Crippen LogP contribution is 2.41. The zero-order chi connectivity index (χ0) is 19.7. The van der Waals surface area contributed by atoms with Gasteiger partial charge in [-0.2, -0.15) is 0 Å². The van der Waals surface area contributed by atoms with Crippen LogP contribution in [-0.4, -0.2) is 18.8 Å². The molecular weight excluding hydrogens is 449 g/mol. The van der Waals surface area contributed by atoms with Gasteiger partial charge in [-0.25, -0.2) is 9.97 Å². The van der Waals surface area contributed by atoms with Crippen molar-refractivity contribution in [1.82, 2.24) is 18.8 Å². The van der Waals surface area contributed by atoms with E-state index in [1.54, 1.807) is 22.7 Å². The van der Waals surface area contributed by atoms with Crippen LogP contribution in [0.25, 0.3) is 64.3 Å². The maximum absolute atomic E-state index is 5.96. The molecule has 4 nitrogen and oxygen atoms in total. The average molecular weight is 457 g/mol. The third-order valence-corrected chi connectivity index (χ3v) is 8.62. The molecule has 8 heteroatoms. The summed E-state index contributed by atoms with van der Waals surface area (Å²) < 4.78 is 5.83. The molecule has 0 spiro atoms. The molecule has 0 saturated heterocycles.